The van der Waals surface area contributed by atoms with Gasteiger partial charge in [0.1, 0.15) is 11.5 Å². The quantitative estimate of drug-likeness (QED) is 0.432. The summed E-state index contributed by atoms with van der Waals surface area (Å²) < 4.78 is 3.40. The van der Waals surface area contributed by atoms with Crippen molar-refractivity contribution in [2.45, 2.75) is 45.7 Å². The molecule has 2 aromatic heterocycles. The minimum absolute atomic E-state index is 0.126. The van der Waals surface area contributed by atoms with E-state index in [2.05, 4.69) is 15.7 Å². The zero-order valence-corrected chi connectivity index (χ0v) is 20.6. The molecule has 0 spiro atoms. The molecule has 0 saturated carbocycles. The van der Waals surface area contributed by atoms with Gasteiger partial charge in [0.15, 0.2) is 10.6 Å². The summed E-state index contributed by atoms with van der Waals surface area (Å²) in [4.78, 5) is 38.5. The lowest BCUT2D eigenvalue weighted by Gasteiger charge is -2.11. The van der Waals surface area contributed by atoms with Crippen LogP contribution >= 0.6 is 23.6 Å². The smallest absolute Gasteiger partial charge is 0.251 e. The first-order valence-electron chi connectivity index (χ1n) is 11.0. The molecule has 0 atom stereocenters. The fourth-order valence-electron chi connectivity index (χ4n) is 4.09. The number of hydrogen-bond donors (Lipinski definition) is 3. The maximum atomic E-state index is 12.8. The average Bonchev–Trinajstić information content (AvgIpc) is 3.29. The van der Waals surface area contributed by atoms with E-state index in [-0.39, 0.29) is 24.9 Å². The summed E-state index contributed by atoms with van der Waals surface area (Å²) in [5, 5.41) is 10.6. The predicted molar refractivity (Wildman–Crippen MR) is 132 cm³/mol. The number of nitrogens with one attached hydrogen (secondary N) is 2. The minimum Gasteiger partial charge on any atom is -0.365 e. The second-order valence-electron chi connectivity index (χ2n) is 8.24. The molecule has 1 aromatic carbocycles. The number of carbonyl (C=O) groups excluding carboxylic acids is 3. The number of aryl methyl sites for hydroxylation is 2. The molecule has 11 heteroatoms. The van der Waals surface area contributed by atoms with Gasteiger partial charge in [-0.3, -0.25) is 14.4 Å². The number of thiophene rings is 1. The second kappa shape index (κ2) is 9.90. The Labute approximate surface area is 206 Å². The van der Waals surface area contributed by atoms with Gasteiger partial charge in [-0.05, 0) is 62.0 Å². The highest BCUT2D eigenvalue weighted by Crippen LogP contribution is 2.37. The van der Waals surface area contributed by atoms with Crippen LogP contribution in [0.25, 0.3) is 0 Å². The molecule has 0 bridgehead atoms. The monoisotopic (exact) mass is 498 g/mol. The highest BCUT2D eigenvalue weighted by Gasteiger charge is 2.25. The second-order valence-corrected chi connectivity index (χ2v) is 9.71. The van der Waals surface area contributed by atoms with E-state index in [9.17, 15) is 14.4 Å². The Hall–Kier alpha value is -3.31. The average molecular weight is 499 g/mol. The minimum atomic E-state index is -0.532. The Kier molecular flexibility index (Phi) is 6.94. The molecule has 178 valence electrons. The number of hydrogen-bond acceptors (Lipinski definition) is 6. The van der Waals surface area contributed by atoms with Crippen LogP contribution < -0.4 is 16.4 Å². The number of anilines is 1. The third-order valence-corrected chi connectivity index (χ3v) is 7.58. The fourth-order valence-corrected chi connectivity index (χ4v) is 5.61. The number of amides is 3. The molecule has 1 aliphatic rings. The van der Waals surface area contributed by atoms with Gasteiger partial charge >= 0.3 is 0 Å². The summed E-state index contributed by atoms with van der Waals surface area (Å²) in [7, 11) is 1.73. The van der Waals surface area contributed by atoms with Crippen LogP contribution in [0.2, 0.25) is 0 Å². The number of nitrogens with zero attached hydrogens (tertiary/aromatic N) is 3. The molecule has 0 unspecified atom stereocenters. The van der Waals surface area contributed by atoms with Gasteiger partial charge in [-0.2, -0.15) is 5.10 Å². The van der Waals surface area contributed by atoms with Crippen LogP contribution in [0.4, 0.5) is 5.00 Å². The van der Waals surface area contributed by atoms with E-state index in [1.807, 2.05) is 25.1 Å². The molecule has 1 aliphatic carbocycles. The molecule has 3 aromatic rings. The van der Waals surface area contributed by atoms with E-state index in [1.54, 1.807) is 17.7 Å². The number of aromatic nitrogens is 3. The molecule has 0 radical (unpaired) electrons. The van der Waals surface area contributed by atoms with Crippen molar-refractivity contribution in [3.05, 3.63) is 62.0 Å². The number of rotatable bonds is 7. The van der Waals surface area contributed by atoms with Gasteiger partial charge < -0.3 is 20.9 Å². The summed E-state index contributed by atoms with van der Waals surface area (Å²) in [6, 6.07) is 7.32. The maximum absolute atomic E-state index is 12.8. The Morgan fingerprint density at radius 2 is 1.94 bits per heavy atom. The zero-order chi connectivity index (χ0) is 24.4. The van der Waals surface area contributed by atoms with Crippen LogP contribution in [0.1, 0.15) is 55.4 Å². The lowest BCUT2D eigenvalue weighted by Crippen LogP contribution is -2.25. The lowest BCUT2D eigenvalue weighted by atomic mass is 9.95. The first-order valence-corrected chi connectivity index (χ1v) is 12.2. The van der Waals surface area contributed by atoms with Crippen LogP contribution in [0.5, 0.6) is 0 Å². The largest absolute Gasteiger partial charge is 0.365 e. The molecule has 0 fully saturated rings. The molecule has 34 heavy (non-hydrogen) atoms. The number of nitrogens with two attached hydrogens (primary N) is 1. The normalized spacial score (nSPS) is 12.8. The van der Waals surface area contributed by atoms with E-state index in [1.165, 1.54) is 16.0 Å². The number of fused-ring (bicyclic) bond motifs is 1. The zero-order valence-electron chi connectivity index (χ0n) is 19.0. The summed E-state index contributed by atoms with van der Waals surface area (Å²) in [6.07, 6.45) is 3.75. The highest BCUT2D eigenvalue weighted by molar-refractivity contribution is 7.71. The van der Waals surface area contributed by atoms with E-state index >= 15 is 0 Å². The van der Waals surface area contributed by atoms with Crippen LogP contribution in [0, 0.1) is 11.7 Å². The van der Waals surface area contributed by atoms with Crippen molar-refractivity contribution in [2.75, 3.05) is 5.32 Å². The van der Waals surface area contributed by atoms with Crippen LogP contribution in [-0.2, 0) is 37.8 Å². The Morgan fingerprint density at radius 1 is 1.21 bits per heavy atom. The predicted octanol–water partition coefficient (Wildman–Crippen LogP) is 2.87. The SMILES string of the molecule is Cc1ccccc1C(=O)NCc1nn(CC(=O)Nc2sc3c(c2C(N)=O)CCCC3)c(=S)n1C. The van der Waals surface area contributed by atoms with Crippen molar-refractivity contribution in [1.29, 1.82) is 0 Å². The van der Waals surface area contributed by atoms with Crippen molar-refractivity contribution in [2.24, 2.45) is 12.8 Å². The Bertz CT molecular complexity index is 1340. The van der Waals surface area contributed by atoms with Crippen molar-refractivity contribution < 1.29 is 14.4 Å². The molecule has 0 aliphatic heterocycles. The van der Waals surface area contributed by atoms with Crippen LogP contribution in [-0.4, -0.2) is 32.1 Å². The van der Waals surface area contributed by atoms with Gasteiger partial charge in [0.2, 0.25) is 5.91 Å². The third kappa shape index (κ3) is 4.80. The summed E-state index contributed by atoms with van der Waals surface area (Å²) in [5.74, 6) is -0.581. The fraction of sp³-hybridized carbons (Fsp3) is 0.348. The summed E-state index contributed by atoms with van der Waals surface area (Å²) in [6.45, 7) is 1.90. The topological polar surface area (TPSA) is 124 Å². The molecule has 4 N–H and O–H groups in total. The van der Waals surface area contributed by atoms with E-state index < -0.39 is 5.91 Å². The number of primary amides is 1. The Balaban J connectivity index is 1.45. The summed E-state index contributed by atoms with van der Waals surface area (Å²) in [5.41, 5.74) is 8.45. The van der Waals surface area contributed by atoms with Crippen LogP contribution in [0.15, 0.2) is 24.3 Å². The lowest BCUT2D eigenvalue weighted by molar-refractivity contribution is -0.116. The van der Waals surface area contributed by atoms with Gasteiger partial charge in [0.25, 0.3) is 11.8 Å². The first-order chi connectivity index (χ1) is 16.3. The highest BCUT2D eigenvalue weighted by atomic mass is 32.1. The van der Waals surface area contributed by atoms with Gasteiger partial charge in [-0.25, -0.2) is 4.68 Å². The number of carbonyl (C=O) groups is 3. The standard InChI is InChI=1S/C23H26N6O3S2/c1-13-7-3-4-8-14(13)21(32)25-11-17-27-29(23(33)28(17)2)12-18(30)26-22-19(20(24)31)15-9-5-6-10-16(15)34-22/h3-4,7-8H,5-6,9-12H2,1-2H3,(H2,24,31)(H,25,32)(H,26,30). The molecular formula is C23H26N6O3S2. The summed E-state index contributed by atoms with van der Waals surface area (Å²) >= 11 is 6.84. The third-order valence-electron chi connectivity index (χ3n) is 5.89. The van der Waals surface area contributed by atoms with Gasteiger partial charge in [-0.15, -0.1) is 11.3 Å². The molecule has 3 amide bonds. The molecule has 4 rings (SSSR count). The molecular weight excluding hydrogens is 472 g/mol. The Morgan fingerprint density at radius 3 is 2.68 bits per heavy atom. The van der Waals surface area contributed by atoms with E-state index in [0.29, 0.717) is 26.7 Å². The molecule has 0 saturated heterocycles. The number of benzene rings is 1. The van der Waals surface area contributed by atoms with Crippen molar-refractivity contribution >= 4 is 46.3 Å². The van der Waals surface area contributed by atoms with E-state index in [0.717, 1.165) is 41.7 Å². The van der Waals surface area contributed by atoms with Crippen molar-refractivity contribution in [3.8, 4) is 0 Å². The molecule has 2 heterocycles. The van der Waals surface area contributed by atoms with Crippen LogP contribution in [0.3, 0.4) is 0 Å². The maximum Gasteiger partial charge on any atom is 0.251 e. The first kappa shape index (κ1) is 23.8. The van der Waals surface area contributed by atoms with Gasteiger partial charge in [0.05, 0.1) is 12.1 Å². The molecule has 9 nitrogen and oxygen atoms in total. The van der Waals surface area contributed by atoms with Crippen molar-refractivity contribution in [1.82, 2.24) is 19.7 Å². The van der Waals surface area contributed by atoms with Gasteiger partial charge in [-0.1, -0.05) is 18.2 Å². The van der Waals surface area contributed by atoms with E-state index in [4.69, 9.17) is 18.0 Å². The van der Waals surface area contributed by atoms with Gasteiger partial charge in [0, 0.05) is 17.5 Å². The van der Waals surface area contributed by atoms with Crippen molar-refractivity contribution in [3.63, 3.8) is 0 Å².